The zero-order valence-electron chi connectivity index (χ0n) is 13.2. The van der Waals surface area contributed by atoms with Crippen LogP contribution < -0.4 is 16.0 Å². The molecule has 5 nitrogen and oxygen atoms in total. The lowest BCUT2D eigenvalue weighted by atomic mass is 10.0. The average Bonchev–Trinajstić information content (AvgIpc) is 2.46. The van der Waals surface area contributed by atoms with E-state index in [2.05, 4.69) is 22.0 Å². The predicted octanol–water partition coefficient (Wildman–Crippen LogP) is 3.83. The molecule has 1 aliphatic heterocycles. The number of carbonyl (C=O) groups is 2. The van der Waals surface area contributed by atoms with Crippen LogP contribution in [0, 0.1) is 13.8 Å². The third-order valence-electron chi connectivity index (χ3n) is 3.74. The van der Waals surface area contributed by atoms with Crippen LogP contribution in [0.15, 0.2) is 36.4 Å². The van der Waals surface area contributed by atoms with Gasteiger partial charge in [0, 0.05) is 23.5 Å². The van der Waals surface area contributed by atoms with E-state index in [0.29, 0.717) is 18.5 Å². The molecular formula is C18H19N3O2. The fourth-order valence-corrected chi connectivity index (χ4v) is 2.80. The van der Waals surface area contributed by atoms with Crippen molar-refractivity contribution in [3.63, 3.8) is 0 Å². The third kappa shape index (κ3) is 3.69. The fourth-order valence-electron chi connectivity index (χ4n) is 2.80. The Morgan fingerprint density at radius 2 is 1.65 bits per heavy atom. The lowest BCUT2D eigenvalue weighted by Gasteiger charge is -2.18. The van der Waals surface area contributed by atoms with Crippen LogP contribution in [0.3, 0.4) is 0 Å². The van der Waals surface area contributed by atoms with Gasteiger partial charge >= 0.3 is 6.03 Å². The minimum absolute atomic E-state index is 0.0331. The molecule has 2 aromatic rings. The van der Waals surface area contributed by atoms with Gasteiger partial charge < -0.3 is 16.0 Å². The maximum Gasteiger partial charge on any atom is 0.323 e. The van der Waals surface area contributed by atoms with Crippen LogP contribution >= 0.6 is 0 Å². The Balaban J connectivity index is 1.69. The van der Waals surface area contributed by atoms with E-state index in [1.165, 1.54) is 0 Å². The highest BCUT2D eigenvalue weighted by Gasteiger charge is 2.15. The van der Waals surface area contributed by atoms with Gasteiger partial charge in [-0.1, -0.05) is 6.07 Å². The maximum atomic E-state index is 12.1. The predicted molar refractivity (Wildman–Crippen MR) is 92.0 cm³/mol. The van der Waals surface area contributed by atoms with Crippen molar-refractivity contribution in [3.8, 4) is 0 Å². The number of anilines is 3. The summed E-state index contributed by atoms with van der Waals surface area (Å²) in [6.07, 6.45) is 1.17. The van der Waals surface area contributed by atoms with E-state index < -0.39 is 0 Å². The van der Waals surface area contributed by atoms with Crippen LogP contribution in [0.2, 0.25) is 0 Å². The molecule has 118 valence electrons. The Bertz CT molecular complexity index is 764. The number of urea groups is 1. The number of amides is 3. The summed E-state index contributed by atoms with van der Waals surface area (Å²) in [6, 6.07) is 11.1. The summed E-state index contributed by atoms with van der Waals surface area (Å²) in [4.78, 5) is 23.5. The van der Waals surface area contributed by atoms with Gasteiger partial charge in [-0.3, -0.25) is 4.79 Å². The molecule has 0 saturated heterocycles. The molecule has 0 unspecified atom stereocenters. The smallest absolute Gasteiger partial charge is 0.323 e. The zero-order chi connectivity index (χ0) is 16.4. The van der Waals surface area contributed by atoms with Crippen molar-refractivity contribution in [1.82, 2.24) is 0 Å². The highest BCUT2D eigenvalue weighted by molar-refractivity contribution is 6.00. The van der Waals surface area contributed by atoms with Crippen molar-refractivity contribution in [1.29, 1.82) is 0 Å². The monoisotopic (exact) mass is 309 g/mol. The summed E-state index contributed by atoms with van der Waals surface area (Å²) in [5.41, 5.74) is 5.54. The molecule has 2 aromatic carbocycles. The average molecular weight is 309 g/mol. The molecule has 0 spiro atoms. The second kappa shape index (κ2) is 6.12. The van der Waals surface area contributed by atoms with Gasteiger partial charge in [0.1, 0.15) is 0 Å². The molecule has 0 aliphatic carbocycles. The van der Waals surface area contributed by atoms with E-state index in [1.807, 2.05) is 38.1 Å². The summed E-state index contributed by atoms with van der Waals surface area (Å²) in [6.45, 7) is 3.99. The van der Waals surface area contributed by atoms with Crippen molar-refractivity contribution >= 4 is 29.0 Å². The first kappa shape index (κ1) is 15.1. The molecule has 3 rings (SSSR count). The minimum atomic E-state index is -0.283. The van der Waals surface area contributed by atoms with Gasteiger partial charge in [-0.15, -0.1) is 0 Å². The summed E-state index contributed by atoms with van der Waals surface area (Å²) in [5.74, 6) is 0.0331. The number of benzene rings is 2. The first-order valence-corrected chi connectivity index (χ1v) is 7.59. The number of fused-ring (bicyclic) bond motifs is 1. The summed E-state index contributed by atoms with van der Waals surface area (Å²) < 4.78 is 0. The Labute approximate surface area is 135 Å². The van der Waals surface area contributed by atoms with Crippen molar-refractivity contribution in [2.45, 2.75) is 26.7 Å². The summed E-state index contributed by atoms with van der Waals surface area (Å²) >= 11 is 0. The van der Waals surface area contributed by atoms with Crippen LogP contribution in [0.25, 0.3) is 0 Å². The maximum absolute atomic E-state index is 12.1. The molecule has 0 saturated carbocycles. The van der Waals surface area contributed by atoms with Crippen molar-refractivity contribution in [3.05, 3.63) is 53.1 Å². The molecular weight excluding hydrogens is 290 g/mol. The van der Waals surface area contributed by atoms with E-state index in [9.17, 15) is 9.59 Å². The van der Waals surface area contributed by atoms with Crippen molar-refractivity contribution in [2.24, 2.45) is 0 Å². The van der Waals surface area contributed by atoms with Gasteiger partial charge in [-0.25, -0.2) is 4.79 Å². The number of hydrogen-bond acceptors (Lipinski definition) is 2. The van der Waals surface area contributed by atoms with E-state index in [0.717, 1.165) is 28.1 Å². The lowest BCUT2D eigenvalue weighted by molar-refractivity contribution is -0.116. The molecule has 3 N–H and O–H groups in total. The first-order chi connectivity index (χ1) is 11.0. The minimum Gasteiger partial charge on any atom is -0.326 e. The molecule has 1 aliphatic rings. The van der Waals surface area contributed by atoms with Gasteiger partial charge in [0.05, 0.1) is 0 Å². The molecule has 0 radical (unpaired) electrons. The number of hydrogen-bond donors (Lipinski definition) is 3. The Kier molecular flexibility index (Phi) is 4.02. The Morgan fingerprint density at radius 3 is 2.39 bits per heavy atom. The quantitative estimate of drug-likeness (QED) is 0.789. The van der Waals surface area contributed by atoms with Crippen molar-refractivity contribution < 1.29 is 9.59 Å². The van der Waals surface area contributed by atoms with Gasteiger partial charge in [0.2, 0.25) is 5.91 Å². The standard InChI is InChI=1S/C18H19N3O2/c1-11-7-12(2)9-15(8-11)20-18(23)19-14-4-5-16-13(10-14)3-6-17(22)21-16/h4-5,7-10H,3,6H2,1-2H3,(H,21,22)(H2,19,20,23). The molecule has 3 amide bonds. The normalized spacial score (nSPS) is 13.0. The fraction of sp³-hybridized carbons (Fsp3) is 0.222. The number of carbonyl (C=O) groups excluding carboxylic acids is 2. The Morgan fingerprint density at radius 1 is 0.957 bits per heavy atom. The zero-order valence-corrected chi connectivity index (χ0v) is 13.2. The van der Waals surface area contributed by atoms with Crippen LogP contribution in [0.1, 0.15) is 23.1 Å². The van der Waals surface area contributed by atoms with E-state index in [4.69, 9.17) is 0 Å². The third-order valence-corrected chi connectivity index (χ3v) is 3.74. The van der Waals surface area contributed by atoms with Crippen molar-refractivity contribution in [2.75, 3.05) is 16.0 Å². The van der Waals surface area contributed by atoms with Gasteiger partial charge in [0.25, 0.3) is 0 Å². The molecule has 5 heteroatoms. The second-order valence-electron chi connectivity index (χ2n) is 5.88. The molecule has 0 bridgehead atoms. The van der Waals surface area contributed by atoms with Crippen LogP contribution in [-0.2, 0) is 11.2 Å². The highest BCUT2D eigenvalue weighted by Crippen LogP contribution is 2.25. The van der Waals surface area contributed by atoms with Gasteiger partial charge in [0.15, 0.2) is 0 Å². The van der Waals surface area contributed by atoms with Gasteiger partial charge in [-0.2, -0.15) is 0 Å². The van der Waals surface area contributed by atoms with Crippen LogP contribution in [0.5, 0.6) is 0 Å². The number of nitrogens with one attached hydrogen (secondary N) is 3. The second-order valence-corrected chi connectivity index (χ2v) is 5.88. The van der Waals surface area contributed by atoms with Crippen LogP contribution in [0.4, 0.5) is 21.9 Å². The van der Waals surface area contributed by atoms with E-state index in [-0.39, 0.29) is 11.9 Å². The molecule has 0 fully saturated rings. The van der Waals surface area contributed by atoms with Crippen LogP contribution in [-0.4, -0.2) is 11.9 Å². The summed E-state index contributed by atoms with van der Waals surface area (Å²) in [5, 5.41) is 8.49. The first-order valence-electron chi connectivity index (χ1n) is 7.59. The lowest BCUT2D eigenvalue weighted by Crippen LogP contribution is -2.21. The SMILES string of the molecule is Cc1cc(C)cc(NC(=O)Nc2ccc3c(c2)CCC(=O)N3)c1. The Hall–Kier alpha value is -2.82. The molecule has 1 heterocycles. The largest absolute Gasteiger partial charge is 0.326 e. The molecule has 23 heavy (non-hydrogen) atoms. The van der Waals surface area contributed by atoms with Gasteiger partial charge in [-0.05, 0) is 67.3 Å². The summed E-state index contributed by atoms with van der Waals surface area (Å²) in [7, 11) is 0. The van der Waals surface area contributed by atoms with E-state index in [1.54, 1.807) is 6.07 Å². The van der Waals surface area contributed by atoms with E-state index >= 15 is 0 Å². The molecule has 0 aromatic heterocycles. The highest BCUT2D eigenvalue weighted by atomic mass is 16.2. The molecule has 0 atom stereocenters. The number of rotatable bonds is 2. The topological polar surface area (TPSA) is 70.2 Å². The number of aryl methyl sites for hydroxylation is 3.